The van der Waals surface area contributed by atoms with Crippen LogP contribution < -0.4 is 4.74 Å². The third-order valence-corrected chi connectivity index (χ3v) is 3.10. The topological polar surface area (TPSA) is 72.6 Å². The van der Waals surface area contributed by atoms with E-state index in [1.165, 1.54) is 18.2 Å². The molecule has 0 aromatic heterocycles. The van der Waals surface area contributed by atoms with Crippen LogP contribution in [0.25, 0.3) is 10.8 Å². The van der Waals surface area contributed by atoms with E-state index in [4.69, 9.17) is 4.74 Å². The summed E-state index contributed by atoms with van der Waals surface area (Å²) in [6.07, 6.45) is 0. The van der Waals surface area contributed by atoms with Gasteiger partial charge in [0.15, 0.2) is 5.75 Å². The molecule has 0 spiro atoms. The van der Waals surface area contributed by atoms with E-state index in [0.29, 0.717) is 11.5 Å². The summed E-state index contributed by atoms with van der Waals surface area (Å²) in [5.41, 5.74) is -0.346. The van der Waals surface area contributed by atoms with Gasteiger partial charge in [0, 0.05) is 12.1 Å². The Morgan fingerprint density at radius 1 is 0.905 bits per heavy atom. The molecule has 3 rings (SSSR count). The fourth-order valence-corrected chi connectivity index (χ4v) is 2.09. The van der Waals surface area contributed by atoms with Crippen LogP contribution in [-0.4, -0.2) is 10.0 Å². The van der Waals surface area contributed by atoms with Gasteiger partial charge in [0.2, 0.25) is 0 Å². The maximum absolute atomic E-state index is 10.6. The molecule has 0 atom stereocenters. The first kappa shape index (κ1) is 12.9. The van der Waals surface area contributed by atoms with Gasteiger partial charge in [-0.3, -0.25) is 10.1 Å². The summed E-state index contributed by atoms with van der Waals surface area (Å²) < 4.78 is 5.62. The summed E-state index contributed by atoms with van der Waals surface area (Å²) in [5, 5.41) is 22.4. The Kier molecular flexibility index (Phi) is 3.16. The van der Waals surface area contributed by atoms with Gasteiger partial charge in [0.1, 0.15) is 11.5 Å². The van der Waals surface area contributed by atoms with E-state index in [1.54, 1.807) is 6.07 Å². The second-order valence-electron chi connectivity index (χ2n) is 4.52. The van der Waals surface area contributed by atoms with E-state index >= 15 is 0 Å². The van der Waals surface area contributed by atoms with E-state index < -0.39 is 10.7 Å². The van der Waals surface area contributed by atoms with E-state index in [0.717, 1.165) is 10.8 Å². The molecule has 0 aliphatic heterocycles. The highest BCUT2D eigenvalue weighted by Gasteiger charge is 2.13. The minimum Gasteiger partial charge on any atom is -0.502 e. The van der Waals surface area contributed by atoms with Crippen molar-refractivity contribution in [3.8, 4) is 17.2 Å². The largest absolute Gasteiger partial charge is 0.502 e. The monoisotopic (exact) mass is 281 g/mol. The molecule has 0 saturated carbocycles. The zero-order valence-electron chi connectivity index (χ0n) is 10.9. The van der Waals surface area contributed by atoms with E-state index in [9.17, 15) is 15.2 Å². The Morgan fingerprint density at radius 3 is 2.29 bits per heavy atom. The second-order valence-corrected chi connectivity index (χ2v) is 4.52. The third kappa shape index (κ3) is 2.62. The number of rotatable bonds is 3. The first-order valence-electron chi connectivity index (χ1n) is 6.27. The maximum Gasteiger partial charge on any atom is 0.310 e. The van der Waals surface area contributed by atoms with Crippen molar-refractivity contribution < 1.29 is 14.8 Å². The van der Waals surface area contributed by atoms with Crippen molar-refractivity contribution in [2.75, 3.05) is 0 Å². The molecule has 0 bridgehead atoms. The molecule has 1 N–H and O–H groups in total. The molecule has 21 heavy (non-hydrogen) atoms. The quantitative estimate of drug-likeness (QED) is 0.575. The molecule has 0 saturated heterocycles. The van der Waals surface area contributed by atoms with Crippen LogP contribution >= 0.6 is 0 Å². The highest BCUT2D eigenvalue weighted by molar-refractivity contribution is 5.83. The summed E-state index contributed by atoms with van der Waals surface area (Å²) in [7, 11) is 0. The lowest BCUT2D eigenvalue weighted by molar-refractivity contribution is -0.385. The molecule has 5 nitrogen and oxygen atoms in total. The minimum absolute atomic E-state index is 0.341. The van der Waals surface area contributed by atoms with Gasteiger partial charge >= 0.3 is 5.69 Å². The molecule has 104 valence electrons. The lowest BCUT2D eigenvalue weighted by Crippen LogP contribution is -1.90. The highest BCUT2D eigenvalue weighted by atomic mass is 16.6. The van der Waals surface area contributed by atoms with Crippen molar-refractivity contribution in [3.63, 3.8) is 0 Å². The summed E-state index contributed by atoms with van der Waals surface area (Å²) >= 11 is 0. The van der Waals surface area contributed by atoms with Gasteiger partial charge in [0.05, 0.1) is 4.92 Å². The minimum atomic E-state index is -0.644. The van der Waals surface area contributed by atoms with Gasteiger partial charge in [-0.2, -0.15) is 0 Å². The smallest absolute Gasteiger partial charge is 0.310 e. The van der Waals surface area contributed by atoms with E-state index in [-0.39, 0.29) is 5.69 Å². The predicted molar refractivity (Wildman–Crippen MR) is 78.8 cm³/mol. The zero-order valence-corrected chi connectivity index (χ0v) is 10.9. The van der Waals surface area contributed by atoms with Crippen molar-refractivity contribution in [1.82, 2.24) is 0 Å². The molecule has 3 aromatic rings. The summed E-state index contributed by atoms with van der Waals surface area (Å²) in [6, 6.07) is 17.4. The maximum atomic E-state index is 10.6. The number of phenolic OH excluding ortho intramolecular Hbond substituents is 1. The number of benzene rings is 3. The third-order valence-electron chi connectivity index (χ3n) is 3.10. The fraction of sp³-hybridized carbons (Fsp3) is 0. The molecule has 0 aliphatic rings. The molecule has 0 radical (unpaired) electrons. The normalized spacial score (nSPS) is 10.5. The first-order valence-corrected chi connectivity index (χ1v) is 6.27. The Morgan fingerprint density at radius 2 is 1.57 bits per heavy atom. The van der Waals surface area contributed by atoms with Gasteiger partial charge in [-0.25, -0.2) is 0 Å². The molecular weight excluding hydrogens is 270 g/mol. The van der Waals surface area contributed by atoms with Crippen LogP contribution in [0.1, 0.15) is 0 Å². The molecule has 0 amide bonds. The van der Waals surface area contributed by atoms with Crippen molar-refractivity contribution in [2.24, 2.45) is 0 Å². The van der Waals surface area contributed by atoms with Crippen molar-refractivity contribution in [2.45, 2.75) is 0 Å². The standard InChI is InChI=1S/C16H11NO4/c18-16-10-14(7-8-15(16)17(19)20)21-13-6-5-11-3-1-2-4-12(11)9-13/h1-10,18H. The zero-order chi connectivity index (χ0) is 14.8. The van der Waals surface area contributed by atoms with Gasteiger partial charge in [0.25, 0.3) is 0 Å². The molecule has 5 heteroatoms. The number of ether oxygens (including phenoxy) is 1. The van der Waals surface area contributed by atoms with Crippen molar-refractivity contribution >= 4 is 16.5 Å². The molecule has 3 aromatic carbocycles. The number of fused-ring (bicyclic) bond motifs is 1. The Hall–Kier alpha value is -3.08. The van der Waals surface area contributed by atoms with Crippen LogP contribution in [0, 0.1) is 10.1 Å². The lowest BCUT2D eigenvalue weighted by atomic mass is 10.1. The Balaban J connectivity index is 1.91. The number of phenols is 1. The first-order chi connectivity index (χ1) is 10.1. The average molecular weight is 281 g/mol. The number of hydrogen-bond acceptors (Lipinski definition) is 4. The SMILES string of the molecule is O=[N+]([O-])c1ccc(Oc2ccc3ccccc3c2)cc1O. The summed E-state index contributed by atoms with van der Waals surface area (Å²) in [4.78, 5) is 10.00. The van der Waals surface area contributed by atoms with Crippen LogP contribution in [0.15, 0.2) is 60.7 Å². The van der Waals surface area contributed by atoms with Gasteiger partial charge in [-0.15, -0.1) is 0 Å². The van der Waals surface area contributed by atoms with E-state index in [1.807, 2.05) is 36.4 Å². The number of nitro benzene ring substituents is 1. The van der Waals surface area contributed by atoms with Crippen LogP contribution in [0.2, 0.25) is 0 Å². The predicted octanol–water partition coefficient (Wildman–Crippen LogP) is 4.25. The van der Waals surface area contributed by atoms with Crippen molar-refractivity contribution in [3.05, 3.63) is 70.8 Å². The van der Waals surface area contributed by atoms with Crippen LogP contribution in [0.3, 0.4) is 0 Å². The Labute approximate surface area is 120 Å². The van der Waals surface area contributed by atoms with Gasteiger partial charge in [-0.1, -0.05) is 30.3 Å². The van der Waals surface area contributed by atoms with Crippen LogP contribution in [0.4, 0.5) is 5.69 Å². The number of nitro groups is 1. The molecule has 0 unspecified atom stereocenters. The number of hydrogen-bond donors (Lipinski definition) is 1. The lowest BCUT2D eigenvalue weighted by Gasteiger charge is -2.07. The average Bonchev–Trinajstić information content (AvgIpc) is 2.47. The highest BCUT2D eigenvalue weighted by Crippen LogP contribution is 2.32. The second kappa shape index (κ2) is 5.13. The number of aromatic hydroxyl groups is 1. The fourth-order valence-electron chi connectivity index (χ4n) is 2.09. The van der Waals surface area contributed by atoms with Gasteiger partial charge in [-0.05, 0) is 29.0 Å². The van der Waals surface area contributed by atoms with Gasteiger partial charge < -0.3 is 9.84 Å². The molecule has 0 fully saturated rings. The van der Waals surface area contributed by atoms with E-state index in [2.05, 4.69) is 0 Å². The van der Waals surface area contributed by atoms with Crippen molar-refractivity contribution in [1.29, 1.82) is 0 Å². The van der Waals surface area contributed by atoms with Crippen LogP contribution in [0.5, 0.6) is 17.2 Å². The molecular formula is C16H11NO4. The molecule has 0 aliphatic carbocycles. The summed E-state index contributed by atoms with van der Waals surface area (Å²) in [5.74, 6) is 0.522. The molecule has 0 heterocycles. The summed E-state index contributed by atoms with van der Waals surface area (Å²) in [6.45, 7) is 0. The Bertz CT molecular complexity index is 829. The number of nitrogens with zero attached hydrogens (tertiary/aromatic N) is 1. The van der Waals surface area contributed by atoms with Crippen LogP contribution in [-0.2, 0) is 0 Å².